The minimum atomic E-state index is -4.61. The normalized spacial score (nSPS) is 20.7. The summed E-state index contributed by atoms with van der Waals surface area (Å²) in [5, 5.41) is 30.8. The summed E-state index contributed by atoms with van der Waals surface area (Å²) in [6.07, 6.45) is 31.6. The fraction of sp³-hybridized carbons (Fsp3) is 0.733. The minimum Gasteiger partial charge on any atom is -0.462 e. The van der Waals surface area contributed by atoms with Gasteiger partial charge in [-0.2, -0.15) is 8.42 Å². The Morgan fingerprint density at radius 1 is 0.638 bits per heavy atom. The third-order valence-electron chi connectivity index (χ3n) is 9.82. The highest BCUT2D eigenvalue weighted by Crippen LogP contribution is 2.24. The molecular formula is C45H76O12S. The van der Waals surface area contributed by atoms with Crippen LogP contribution in [0, 0.1) is 0 Å². The number of rotatable bonds is 36. The summed E-state index contributed by atoms with van der Waals surface area (Å²) in [5.74, 6) is -2.02. The number of hydrogen-bond acceptors (Lipinski definition) is 11. The van der Waals surface area contributed by atoms with Gasteiger partial charge in [-0.1, -0.05) is 151 Å². The summed E-state index contributed by atoms with van der Waals surface area (Å²) >= 11 is 0. The first-order valence-corrected chi connectivity index (χ1v) is 23.5. The van der Waals surface area contributed by atoms with E-state index in [1.165, 1.54) is 57.8 Å². The van der Waals surface area contributed by atoms with Crippen molar-refractivity contribution >= 4 is 22.1 Å². The zero-order valence-corrected chi connectivity index (χ0v) is 36.0. The lowest BCUT2D eigenvalue weighted by Gasteiger charge is -2.40. The lowest BCUT2D eigenvalue weighted by Crippen LogP contribution is -2.60. The molecule has 6 atom stereocenters. The average Bonchev–Trinajstić information content (AvgIpc) is 3.18. The van der Waals surface area contributed by atoms with Crippen LogP contribution in [0.3, 0.4) is 0 Å². The van der Waals surface area contributed by atoms with E-state index < -0.39 is 71.2 Å². The van der Waals surface area contributed by atoms with Crippen molar-refractivity contribution in [2.45, 2.75) is 191 Å². The van der Waals surface area contributed by atoms with Crippen LogP contribution in [0.1, 0.15) is 155 Å². The zero-order chi connectivity index (χ0) is 42.7. The van der Waals surface area contributed by atoms with Gasteiger partial charge in [0.1, 0.15) is 36.8 Å². The summed E-state index contributed by atoms with van der Waals surface area (Å²) in [6, 6.07) is 0. The molecule has 0 aromatic heterocycles. The first kappa shape index (κ1) is 53.4. The van der Waals surface area contributed by atoms with Crippen LogP contribution in [0.4, 0.5) is 0 Å². The number of ether oxygens (including phenoxy) is 4. The molecule has 2 unspecified atom stereocenters. The molecule has 0 aromatic rings. The number of hydrogen-bond donors (Lipinski definition) is 4. The maximum Gasteiger partial charge on any atom is 0.306 e. The van der Waals surface area contributed by atoms with Gasteiger partial charge in [-0.3, -0.25) is 14.1 Å². The van der Waals surface area contributed by atoms with Gasteiger partial charge in [-0.15, -0.1) is 6.58 Å². The van der Waals surface area contributed by atoms with E-state index in [9.17, 15) is 37.9 Å². The maximum absolute atomic E-state index is 12.8. The SMILES string of the molecule is C=CCCCCCCCCCCCCCCCC(=O)OC[C@H](CO[C@H]1O[C@H](CS(=O)(=O)O)[C@@H](O)C(O)C1O)OC(=O)CCCCCCC/C=C/C=C/C=C/C=C/CC. The van der Waals surface area contributed by atoms with E-state index >= 15 is 0 Å². The molecule has 0 spiro atoms. The Kier molecular flexibility index (Phi) is 32.3. The fourth-order valence-corrected chi connectivity index (χ4v) is 7.12. The van der Waals surface area contributed by atoms with Gasteiger partial charge in [-0.05, 0) is 44.9 Å². The Labute approximate surface area is 349 Å². The molecule has 0 aromatic carbocycles. The van der Waals surface area contributed by atoms with Crippen molar-refractivity contribution < 1.29 is 56.8 Å². The number of unbranched alkanes of at least 4 members (excludes halogenated alkanes) is 18. The Bertz CT molecular complexity index is 1290. The highest BCUT2D eigenvalue weighted by molar-refractivity contribution is 7.85. The molecule has 58 heavy (non-hydrogen) atoms. The van der Waals surface area contributed by atoms with E-state index in [-0.39, 0.29) is 19.4 Å². The molecule has 0 bridgehead atoms. The predicted octanol–water partition coefficient (Wildman–Crippen LogP) is 8.56. The van der Waals surface area contributed by atoms with Crippen LogP contribution in [0.5, 0.6) is 0 Å². The van der Waals surface area contributed by atoms with E-state index in [0.717, 1.165) is 64.2 Å². The standard InChI is InChI=1S/C45H76O12S/c1-3-5-7-9-11-13-15-17-19-21-23-25-27-29-31-33-40(46)54-35-38(36-55-45-44(50)43(49)42(48)39(57-45)37-58(51,52)53)56-41(47)34-32-30-28-26-24-22-20-18-16-14-12-10-8-6-4-2/h3,6,8,10,12,14,16,18,20,38-39,42-45,48-50H,1,4-5,7,9,11,13,15,17,19,21-37H2,2H3,(H,51,52,53)/b8-6+,12-10+,16-14+,20-18+/t38-,39-,42-,43?,44?,45+/m1/s1. The van der Waals surface area contributed by atoms with E-state index in [1.807, 2.05) is 42.5 Å². The first-order chi connectivity index (χ1) is 28.0. The molecule has 0 aliphatic carbocycles. The summed E-state index contributed by atoms with van der Waals surface area (Å²) in [5.41, 5.74) is 0. The lowest BCUT2D eigenvalue weighted by molar-refractivity contribution is -0.297. The second-order valence-corrected chi connectivity index (χ2v) is 16.7. The van der Waals surface area contributed by atoms with Gasteiger partial charge in [0.2, 0.25) is 0 Å². The molecule has 1 aliphatic heterocycles. The molecule has 334 valence electrons. The van der Waals surface area contributed by atoms with Gasteiger partial charge in [0, 0.05) is 12.8 Å². The quantitative estimate of drug-likeness (QED) is 0.0155. The number of esters is 2. The summed E-state index contributed by atoms with van der Waals surface area (Å²) < 4.78 is 54.0. The van der Waals surface area contributed by atoms with Crippen molar-refractivity contribution in [3.63, 3.8) is 0 Å². The molecular weight excluding hydrogens is 765 g/mol. The Balaban J connectivity index is 2.47. The molecule has 1 fully saturated rings. The van der Waals surface area contributed by atoms with Gasteiger partial charge < -0.3 is 34.3 Å². The zero-order valence-electron chi connectivity index (χ0n) is 35.2. The highest BCUT2D eigenvalue weighted by atomic mass is 32.2. The van der Waals surface area contributed by atoms with Gasteiger partial charge in [-0.25, -0.2) is 0 Å². The van der Waals surface area contributed by atoms with E-state index in [0.29, 0.717) is 12.8 Å². The molecule has 1 heterocycles. The van der Waals surface area contributed by atoms with Crippen molar-refractivity contribution in [1.29, 1.82) is 0 Å². The molecule has 0 amide bonds. The van der Waals surface area contributed by atoms with Crippen LogP contribution in [0.25, 0.3) is 0 Å². The Morgan fingerprint density at radius 2 is 1.12 bits per heavy atom. The van der Waals surface area contributed by atoms with E-state index in [1.54, 1.807) is 0 Å². The number of carbonyl (C=O) groups excluding carboxylic acids is 2. The third kappa shape index (κ3) is 29.5. The maximum atomic E-state index is 12.8. The van der Waals surface area contributed by atoms with E-state index in [4.69, 9.17) is 18.9 Å². The monoisotopic (exact) mass is 841 g/mol. The number of aliphatic hydroxyl groups excluding tert-OH is 3. The van der Waals surface area contributed by atoms with Gasteiger partial charge in [0.15, 0.2) is 12.4 Å². The number of carbonyl (C=O) groups is 2. The van der Waals surface area contributed by atoms with Gasteiger partial charge >= 0.3 is 11.9 Å². The topological polar surface area (TPSA) is 186 Å². The largest absolute Gasteiger partial charge is 0.462 e. The predicted molar refractivity (Wildman–Crippen MR) is 229 cm³/mol. The molecule has 1 aliphatic rings. The van der Waals surface area contributed by atoms with E-state index in [2.05, 4.69) is 25.7 Å². The second-order valence-electron chi connectivity index (χ2n) is 15.2. The summed E-state index contributed by atoms with van der Waals surface area (Å²) in [4.78, 5) is 25.4. The molecule has 0 saturated carbocycles. The molecule has 4 N–H and O–H groups in total. The molecule has 1 rings (SSSR count). The van der Waals surface area contributed by atoms with Gasteiger partial charge in [0.25, 0.3) is 10.1 Å². The number of aliphatic hydroxyl groups is 3. The summed E-state index contributed by atoms with van der Waals surface area (Å²) in [7, 11) is -4.61. The third-order valence-corrected chi connectivity index (χ3v) is 10.6. The number of allylic oxidation sites excluding steroid dienone is 9. The smallest absolute Gasteiger partial charge is 0.306 e. The summed E-state index contributed by atoms with van der Waals surface area (Å²) in [6.45, 7) is 5.11. The lowest BCUT2D eigenvalue weighted by atomic mass is 10.00. The van der Waals surface area contributed by atoms with Crippen molar-refractivity contribution in [3.05, 3.63) is 61.3 Å². The first-order valence-electron chi connectivity index (χ1n) is 21.9. The van der Waals surface area contributed by atoms with Crippen LogP contribution in [0.2, 0.25) is 0 Å². The average molecular weight is 841 g/mol. The fourth-order valence-electron chi connectivity index (χ4n) is 6.43. The molecule has 0 radical (unpaired) electrons. The van der Waals surface area contributed by atoms with Crippen molar-refractivity contribution in [2.75, 3.05) is 19.0 Å². The van der Waals surface area contributed by atoms with Crippen LogP contribution >= 0.6 is 0 Å². The van der Waals surface area contributed by atoms with Crippen LogP contribution in [0.15, 0.2) is 61.3 Å². The van der Waals surface area contributed by atoms with Crippen molar-refractivity contribution in [1.82, 2.24) is 0 Å². The van der Waals surface area contributed by atoms with Gasteiger partial charge in [0.05, 0.1) is 6.61 Å². The Hall–Kier alpha value is -2.65. The minimum absolute atomic E-state index is 0.135. The van der Waals surface area contributed by atoms with Crippen LogP contribution in [-0.4, -0.2) is 96.0 Å². The molecule has 12 nitrogen and oxygen atoms in total. The molecule has 13 heteroatoms. The van der Waals surface area contributed by atoms with Crippen LogP contribution < -0.4 is 0 Å². The van der Waals surface area contributed by atoms with Crippen LogP contribution in [-0.2, 0) is 38.7 Å². The second kappa shape index (κ2) is 35.1. The Morgan fingerprint density at radius 3 is 1.66 bits per heavy atom. The van der Waals surface area contributed by atoms with Crippen molar-refractivity contribution in [2.24, 2.45) is 0 Å². The highest BCUT2D eigenvalue weighted by Gasteiger charge is 2.46. The van der Waals surface area contributed by atoms with Crippen molar-refractivity contribution in [3.8, 4) is 0 Å². The molecule has 1 saturated heterocycles.